The number of rotatable bonds is 2. The highest BCUT2D eigenvalue weighted by Gasteiger charge is 2.07. The van der Waals surface area contributed by atoms with E-state index in [9.17, 15) is 14.4 Å². The Labute approximate surface area is 100 Å². The third-order valence-electron chi connectivity index (χ3n) is 2.42. The summed E-state index contributed by atoms with van der Waals surface area (Å²) in [5.41, 5.74) is 1.20. The van der Waals surface area contributed by atoms with Crippen LogP contribution >= 0.6 is 0 Å². The number of carbonyl (C=O) groups excluding carboxylic acids is 1. The minimum atomic E-state index is -0.686. The fourth-order valence-electron chi connectivity index (χ4n) is 1.54. The van der Waals surface area contributed by atoms with Gasteiger partial charge in [0.1, 0.15) is 6.67 Å². The Morgan fingerprint density at radius 1 is 1.33 bits per heavy atom. The van der Waals surface area contributed by atoms with E-state index in [1.54, 1.807) is 24.3 Å². The van der Waals surface area contributed by atoms with Gasteiger partial charge in [0, 0.05) is 0 Å². The van der Waals surface area contributed by atoms with Crippen molar-refractivity contribution in [2.24, 2.45) is 5.84 Å². The molecule has 0 aliphatic carbocycles. The zero-order valence-electron chi connectivity index (χ0n) is 9.27. The quantitative estimate of drug-likeness (QED) is 0.304. The van der Waals surface area contributed by atoms with E-state index >= 15 is 0 Å². The number of amides is 2. The molecule has 0 radical (unpaired) electrons. The van der Waals surface area contributed by atoms with Gasteiger partial charge >= 0.3 is 11.7 Å². The highest BCUT2D eigenvalue weighted by atomic mass is 16.2. The molecule has 2 amide bonds. The third kappa shape index (κ3) is 2.09. The van der Waals surface area contributed by atoms with Crippen molar-refractivity contribution < 1.29 is 4.79 Å². The lowest BCUT2D eigenvalue weighted by molar-refractivity contribution is 0.238. The van der Waals surface area contributed by atoms with Gasteiger partial charge in [-0.15, -0.1) is 0 Å². The molecule has 0 bridgehead atoms. The Balaban J connectivity index is 2.48. The maximum atomic E-state index is 12.0. The Kier molecular flexibility index (Phi) is 3.11. The van der Waals surface area contributed by atoms with E-state index in [-0.39, 0.29) is 6.67 Å². The molecule has 1 aromatic carbocycles. The lowest BCUT2D eigenvalue weighted by atomic mass is 10.2. The molecule has 2 rings (SSSR count). The van der Waals surface area contributed by atoms with Crippen LogP contribution in [0.1, 0.15) is 0 Å². The molecule has 0 saturated carbocycles. The topological polar surface area (TPSA) is 122 Å². The summed E-state index contributed by atoms with van der Waals surface area (Å²) < 4.78 is 0.873. The predicted octanol–water partition coefficient (Wildman–Crippen LogP) is -1.18. The molecule has 0 fully saturated rings. The molecule has 94 valence electrons. The fourth-order valence-corrected chi connectivity index (χ4v) is 1.54. The summed E-state index contributed by atoms with van der Waals surface area (Å²) >= 11 is 0. The van der Waals surface area contributed by atoms with Gasteiger partial charge in [-0.1, -0.05) is 12.1 Å². The number of hydrazine groups is 1. The molecule has 5 N–H and O–H groups in total. The summed E-state index contributed by atoms with van der Waals surface area (Å²) in [6.45, 7) is -0.262. The van der Waals surface area contributed by atoms with Crippen molar-refractivity contribution in [3.05, 3.63) is 45.1 Å². The summed E-state index contributed by atoms with van der Waals surface area (Å²) in [7, 11) is 0. The van der Waals surface area contributed by atoms with Gasteiger partial charge in [0.15, 0.2) is 0 Å². The molecular formula is C10H11N5O3. The van der Waals surface area contributed by atoms with E-state index in [1.807, 2.05) is 5.43 Å². The van der Waals surface area contributed by atoms with E-state index in [0.29, 0.717) is 10.9 Å². The molecule has 0 saturated heterocycles. The second-order valence-electron chi connectivity index (χ2n) is 3.52. The van der Waals surface area contributed by atoms with Gasteiger partial charge in [-0.2, -0.15) is 0 Å². The largest absolute Gasteiger partial charge is 0.330 e. The van der Waals surface area contributed by atoms with Gasteiger partial charge in [-0.3, -0.25) is 10.2 Å². The molecule has 0 atom stereocenters. The maximum absolute atomic E-state index is 12.0. The van der Waals surface area contributed by atoms with Crippen molar-refractivity contribution in [1.29, 1.82) is 0 Å². The molecule has 0 unspecified atom stereocenters. The number of benzene rings is 1. The summed E-state index contributed by atoms with van der Waals surface area (Å²) in [4.78, 5) is 37.1. The SMILES string of the molecule is NNC(=O)NCn1c(=O)[nH]c2ccccc2c1=O. The number of hydrogen-bond acceptors (Lipinski definition) is 4. The van der Waals surface area contributed by atoms with Crippen molar-refractivity contribution in [3.63, 3.8) is 0 Å². The second-order valence-corrected chi connectivity index (χ2v) is 3.52. The molecule has 8 nitrogen and oxygen atoms in total. The minimum Gasteiger partial charge on any atom is -0.319 e. The van der Waals surface area contributed by atoms with Crippen LogP contribution in [0.3, 0.4) is 0 Å². The van der Waals surface area contributed by atoms with E-state index < -0.39 is 17.3 Å². The first-order valence-electron chi connectivity index (χ1n) is 5.10. The van der Waals surface area contributed by atoms with Crippen LogP contribution in [-0.4, -0.2) is 15.6 Å². The number of carbonyl (C=O) groups is 1. The number of para-hydroxylation sites is 1. The van der Waals surface area contributed by atoms with Crippen molar-refractivity contribution in [2.45, 2.75) is 6.67 Å². The van der Waals surface area contributed by atoms with Crippen molar-refractivity contribution in [1.82, 2.24) is 20.3 Å². The highest BCUT2D eigenvalue weighted by molar-refractivity contribution is 5.77. The van der Waals surface area contributed by atoms with Gasteiger partial charge in [0.25, 0.3) is 5.56 Å². The number of H-pyrrole nitrogens is 1. The summed E-state index contributed by atoms with van der Waals surface area (Å²) in [6, 6.07) is 5.93. The Morgan fingerprint density at radius 3 is 2.78 bits per heavy atom. The van der Waals surface area contributed by atoms with Crippen LogP contribution in [0.5, 0.6) is 0 Å². The lowest BCUT2D eigenvalue weighted by Crippen LogP contribution is -2.45. The van der Waals surface area contributed by atoms with Crippen molar-refractivity contribution in [2.75, 3.05) is 0 Å². The molecule has 18 heavy (non-hydrogen) atoms. The Morgan fingerprint density at radius 2 is 2.06 bits per heavy atom. The average Bonchev–Trinajstić information content (AvgIpc) is 2.38. The molecular weight excluding hydrogens is 238 g/mol. The molecule has 8 heteroatoms. The molecule has 1 aromatic heterocycles. The van der Waals surface area contributed by atoms with Crippen LogP contribution in [0, 0.1) is 0 Å². The van der Waals surface area contributed by atoms with E-state index in [2.05, 4.69) is 10.3 Å². The number of hydrogen-bond donors (Lipinski definition) is 4. The number of nitrogens with zero attached hydrogens (tertiary/aromatic N) is 1. The van der Waals surface area contributed by atoms with E-state index in [0.717, 1.165) is 4.57 Å². The highest BCUT2D eigenvalue weighted by Crippen LogP contribution is 2.02. The lowest BCUT2D eigenvalue weighted by Gasteiger charge is -2.07. The molecule has 0 spiro atoms. The summed E-state index contributed by atoms with van der Waals surface area (Å²) in [5.74, 6) is 4.87. The Hall–Kier alpha value is -2.61. The number of nitrogens with one attached hydrogen (secondary N) is 3. The van der Waals surface area contributed by atoms with E-state index in [4.69, 9.17) is 5.84 Å². The zero-order chi connectivity index (χ0) is 13.1. The fraction of sp³-hybridized carbons (Fsp3) is 0.100. The monoisotopic (exact) mass is 249 g/mol. The maximum Gasteiger partial charge on any atom is 0.330 e. The van der Waals surface area contributed by atoms with Crippen LogP contribution < -0.4 is 27.8 Å². The molecule has 0 aliphatic heterocycles. The van der Waals surface area contributed by atoms with Crippen LogP contribution in [0.25, 0.3) is 10.9 Å². The first-order valence-corrected chi connectivity index (χ1v) is 5.10. The van der Waals surface area contributed by atoms with E-state index in [1.165, 1.54) is 0 Å². The average molecular weight is 249 g/mol. The van der Waals surface area contributed by atoms with Gasteiger partial charge < -0.3 is 10.3 Å². The number of aromatic nitrogens is 2. The van der Waals surface area contributed by atoms with Gasteiger partial charge in [-0.25, -0.2) is 20.0 Å². The number of fused-ring (bicyclic) bond motifs is 1. The number of urea groups is 1. The minimum absolute atomic E-state index is 0.262. The smallest absolute Gasteiger partial charge is 0.319 e. The molecule has 1 heterocycles. The predicted molar refractivity (Wildman–Crippen MR) is 64.7 cm³/mol. The van der Waals surface area contributed by atoms with Crippen molar-refractivity contribution in [3.8, 4) is 0 Å². The van der Waals surface area contributed by atoms with Crippen LogP contribution in [0.15, 0.2) is 33.9 Å². The van der Waals surface area contributed by atoms with Crippen molar-refractivity contribution >= 4 is 16.9 Å². The number of nitrogens with two attached hydrogens (primary N) is 1. The summed E-state index contributed by atoms with van der Waals surface area (Å²) in [5, 5.41) is 2.63. The first-order chi connectivity index (χ1) is 8.63. The van der Waals surface area contributed by atoms with Crippen LogP contribution in [-0.2, 0) is 6.67 Å². The third-order valence-corrected chi connectivity index (χ3v) is 2.42. The Bertz CT molecular complexity index is 702. The normalized spacial score (nSPS) is 10.3. The molecule has 2 aromatic rings. The van der Waals surface area contributed by atoms with Gasteiger partial charge in [-0.05, 0) is 12.1 Å². The molecule has 0 aliphatic rings. The number of aromatic amines is 1. The second kappa shape index (κ2) is 4.72. The van der Waals surface area contributed by atoms with Crippen LogP contribution in [0.2, 0.25) is 0 Å². The standard InChI is InChI=1S/C10H11N5O3/c11-14-9(17)12-5-15-8(16)6-3-1-2-4-7(6)13-10(15)18/h1-4H,5,11H2,(H,13,18)(H2,12,14,17). The van der Waals surface area contributed by atoms with Gasteiger partial charge in [0.05, 0.1) is 10.9 Å². The summed E-state index contributed by atoms with van der Waals surface area (Å²) in [6.07, 6.45) is 0. The first kappa shape index (κ1) is 11.9. The zero-order valence-corrected chi connectivity index (χ0v) is 9.27. The van der Waals surface area contributed by atoms with Crippen LogP contribution in [0.4, 0.5) is 4.79 Å². The van der Waals surface area contributed by atoms with Gasteiger partial charge in [0.2, 0.25) is 0 Å².